The van der Waals surface area contributed by atoms with Gasteiger partial charge in [-0.1, -0.05) is 55.3 Å². The van der Waals surface area contributed by atoms with E-state index in [-0.39, 0.29) is 11.9 Å². The van der Waals surface area contributed by atoms with Crippen LogP contribution in [0, 0.1) is 0 Å². The van der Waals surface area contributed by atoms with Gasteiger partial charge in [0.25, 0.3) is 0 Å². The number of hydrogen-bond donors (Lipinski definition) is 1. The van der Waals surface area contributed by atoms with Crippen LogP contribution < -0.4 is 0 Å². The number of piperidine rings is 1. The number of aliphatic hydroxyl groups excluding tert-OH is 1. The molecule has 2 aromatic rings. The molecule has 1 aliphatic heterocycles. The summed E-state index contributed by atoms with van der Waals surface area (Å²) < 4.78 is 24.5. The second-order valence-corrected chi connectivity index (χ2v) is 10.5. The minimum absolute atomic E-state index is 0.103. The summed E-state index contributed by atoms with van der Waals surface area (Å²) in [7, 11) is -3.14. The van der Waals surface area contributed by atoms with Crippen molar-refractivity contribution in [3.63, 3.8) is 0 Å². The Morgan fingerprint density at radius 3 is 2.07 bits per heavy atom. The predicted molar refractivity (Wildman–Crippen MR) is 122 cm³/mol. The zero-order valence-corrected chi connectivity index (χ0v) is 18.7. The number of aryl methyl sites for hydroxylation is 1. The Bertz CT molecular complexity index is 842. The molecule has 5 heteroatoms. The molecule has 1 N–H and O–H groups in total. The van der Waals surface area contributed by atoms with Crippen LogP contribution in [0.1, 0.15) is 49.7 Å². The molecule has 4 nitrogen and oxygen atoms in total. The van der Waals surface area contributed by atoms with E-state index in [0.29, 0.717) is 4.90 Å². The second-order valence-electron chi connectivity index (χ2n) is 8.44. The van der Waals surface area contributed by atoms with Gasteiger partial charge in [0, 0.05) is 19.6 Å². The Morgan fingerprint density at radius 2 is 1.40 bits per heavy atom. The minimum Gasteiger partial charge on any atom is -0.393 e. The molecule has 2 aromatic carbocycles. The van der Waals surface area contributed by atoms with Crippen LogP contribution in [-0.2, 0) is 22.7 Å². The lowest BCUT2D eigenvalue weighted by molar-refractivity contribution is 0.0832. The third kappa shape index (κ3) is 7.53. The normalized spacial score (nSPS) is 16.0. The standard InChI is InChI=1S/C25H35NO3S/c27-24-16-19-26(20-17-24)18-15-23-13-11-22(12-14-23)8-4-1-2-7-21-30(28,29)25-9-5-3-6-10-25/h3,5-6,9-14,24,27H,1-2,4,7-8,15-21H2. The van der Waals surface area contributed by atoms with E-state index in [2.05, 4.69) is 29.2 Å². The van der Waals surface area contributed by atoms with Crippen molar-refractivity contribution in [2.75, 3.05) is 25.4 Å². The molecule has 1 aliphatic rings. The van der Waals surface area contributed by atoms with E-state index in [0.717, 1.165) is 71.0 Å². The van der Waals surface area contributed by atoms with Crippen LogP contribution in [0.15, 0.2) is 59.5 Å². The van der Waals surface area contributed by atoms with Crippen molar-refractivity contribution in [3.05, 3.63) is 65.7 Å². The SMILES string of the molecule is O=S(=O)(CCCCCCc1ccc(CCN2CCC(O)CC2)cc1)c1ccccc1. The lowest BCUT2D eigenvalue weighted by atomic mass is 10.0. The van der Waals surface area contributed by atoms with Gasteiger partial charge in [0.15, 0.2) is 9.84 Å². The summed E-state index contributed by atoms with van der Waals surface area (Å²) >= 11 is 0. The van der Waals surface area contributed by atoms with Crippen LogP contribution in [-0.4, -0.2) is 49.9 Å². The predicted octanol–water partition coefficient (Wildman–Crippen LogP) is 4.26. The molecule has 164 valence electrons. The van der Waals surface area contributed by atoms with Gasteiger partial charge in [-0.05, 0) is 61.8 Å². The van der Waals surface area contributed by atoms with E-state index in [9.17, 15) is 13.5 Å². The third-order valence-electron chi connectivity index (χ3n) is 6.03. The first-order valence-corrected chi connectivity index (χ1v) is 12.9. The molecule has 0 saturated carbocycles. The largest absolute Gasteiger partial charge is 0.393 e. The van der Waals surface area contributed by atoms with Crippen molar-refractivity contribution in [1.29, 1.82) is 0 Å². The first-order chi connectivity index (χ1) is 14.5. The number of aliphatic hydroxyl groups is 1. The van der Waals surface area contributed by atoms with Gasteiger partial charge in [-0.15, -0.1) is 0 Å². The fourth-order valence-corrected chi connectivity index (χ4v) is 5.41. The number of nitrogens with zero attached hydrogens (tertiary/aromatic N) is 1. The quantitative estimate of drug-likeness (QED) is 0.542. The van der Waals surface area contributed by atoms with Crippen molar-refractivity contribution in [2.24, 2.45) is 0 Å². The number of likely N-dealkylation sites (tertiary alicyclic amines) is 1. The number of benzene rings is 2. The summed E-state index contributed by atoms with van der Waals surface area (Å²) in [5.74, 6) is 0.238. The van der Waals surface area contributed by atoms with E-state index in [1.807, 2.05) is 6.07 Å². The molecule has 0 aliphatic carbocycles. The summed E-state index contributed by atoms with van der Waals surface area (Å²) in [6.45, 7) is 3.08. The zero-order chi connectivity index (χ0) is 21.2. The molecule has 0 bridgehead atoms. The molecule has 0 aromatic heterocycles. The first kappa shape index (κ1) is 23.0. The van der Waals surface area contributed by atoms with Crippen LogP contribution in [0.25, 0.3) is 0 Å². The Hall–Kier alpha value is -1.69. The summed E-state index contributed by atoms with van der Waals surface area (Å²) in [4.78, 5) is 2.88. The zero-order valence-electron chi connectivity index (χ0n) is 17.9. The first-order valence-electron chi connectivity index (χ1n) is 11.3. The summed E-state index contributed by atoms with van der Waals surface area (Å²) in [5.41, 5.74) is 2.73. The average Bonchev–Trinajstić information content (AvgIpc) is 2.77. The fraction of sp³-hybridized carbons (Fsp3) is 0.520. The van der Waals surface area contributed by atoms with E-state index in [4.69, 9.17) is 0 Å². The Morgan fingerprint density at radius 1 is 0.800 bits per heavy atom. The lowest BCUT2D eigenvalue weighted by Crippen LogP contribution is -2.37. The van der Waals surface area contributed by atoms with Gasteiger partial charge >= 0.3 is 0 Å². The Kier molecular flexibility index (Phi) is 8.91. The van der Waals surface area contributed by atoms with Gasteiger partial charge in [-0.25, -0.2) is 8.42 Å². The topological polar surface area (TPSA) is 57.6 Å². The number of rotatable bonds is 11. The van der Waals surface area contributed by atoms with Gasteiger partial charge in [0.05, 0.1) is 16.8 Å². The van der Waals surface area contributed by atoms with Crippen molar-refractivity contribution in [3.8, 4) is 0 Å². The molecular weight excluding hydrogens is 394 g/mol. The van der Waals surface area contributed by atoms with Crippen LogP contribution in [0.5, 0.6) is 0 Å². The molecule has 3 rings (SSSR count). The Labute approximate surface area is 181 Å². The highest BCUT2D eigenvalue weighted by Crippen LogP contribution is 2.15. The summed E-state index contributed by atoms with van der Waals surface area (Å²) in [6.07, 6.45) is 7.65. The molecule has 0 spiro atoms. The van der Waals surface area contributed by atoms with Gasteiger partial charge < -0.3 is 10.0 Å². The molecule has 0 unspecified atom stereocenters. The van der Waals surface area contributed by atoms with Crippen molar-refractivity contribution >= 4 is 9.84 Å². The number of sulfone groups is 1. The summed E-state index contributed by atoms with van der Waals surface area (Å²) in [6, 6.07) is 17.7. The van der Waals surface area contributed by atoms with Crippen LogP contribution >= 0.6 is 0 Å². The lowest BCUT2D eigenvalue weighted by Gasteiger charge is -2.29. The van der Waals surface area contributed by atoms with Crippen LogP contribution in [0.2, 0.25) is 0 Å². The molecule has 1 heterocycles. The molecule has 1 fully saturated rings. The molecule has 1 saturated heterocycles. The Balaban J connectivity index is 1.29. The van der Waals surface area contributed by atoms with Gasteiger partial charge in [0.2, 0.25) is 0 Å². The van der Waals surface area contributed by atoms with Gasteiger partial charge in [-0.3, -0.25) is 0 Å². The monoisotopic (exact) mass is 429 g/mol. The molecule has 30 heavy (non-hydrogen) atoms. The highest BCUT2D eigenvalue weighted by atomic mass is 32.2. The molecular formula is C25H35NO3S. The highest BCUT2D eigenvalue weighted by Gasteiger charge is 2.16. The van der Waals surface area contributed by atoms with E-state index >= 15 is 0 Å². The average molecular weight is 430 g/mol. The maximum atomic E-state index is 12.3. The second kappa shape index (κ2) is 11.6. The third-order valence-corrected chi connectivity index (χ3v) is 7.84. The molecule has 0 atom stereocenters. The van der Waals surface area contributed by atoms with E-state index in [1.165, 1.54) is 11.1 Å². The molecule has 0 amide bonds. The maximum absolute atomic E-state index is 12.3. The van der Waals surface area contributed by atoms with E-state index in [1.54, 1.807) is 24.3 Å². The van der Waals surface area contributed by atoms with Crippen molar-refractivity contribution < 1.29 is 13.5 Å². The number of hydrogen-bond acceptors (Lipinski definition) is 4. The fourth-order valence-electron chi connectivity index (χ4n) is 4.02. The van der Waals surface area contributed by atoms with Crippen molar-refractivity contribution in [2.45, 2.75) is 62.4 Å². The van der Waals surface area contributed by atoms with Crippen LogP contribution in [0.3, 0.4) is 0 Å². The van der Waals surface area contributed by atoms with Crippen LogP contribution in [0.4, 0.5) is 0 Å². The van der Waals surface area contributed by atoms with Crippen molar-refractivity contribution in [1.82, 2.24) is 4.90 Å². The van der Waals surface area contributed by atoms with E-state index < -0.39 is 9.84 Å². The molecule has 0 radical (unpaired) electrons. The smallest absolute Gasteiger partial charge is 0.178 e. The maximum Gasteiger partial charge on any atom is 0.178 e. The van der Waals surface area contributed by atoms with Gasteiger partial charge in [-0.2, -0.15) is 0 Å². The van der Waals surface area contributed by atoms with Gasteiger partial charge in [0.1, 0.15) is 0 Å². The number of unbranched alkanes of at least 4 members (excludes halogenated alkanes) is 3. The minimum atomic E-state index is -3.14. The highest BCUT2D eigenvalue weighted by molar-refractivity contribution is 7.91. The summed E-state index contributed by atoms with van der Waals surface area (Å²) in [5, 5.41) is 9.59.